The normalized spacial score (nSPS) is 11.8. The van der Waals surface area contributed by atoms with Crippen LogP contribution in [0.4, 0.5) is 0 Å². The van der Waals surface area contributed by atoms with E-state index in [9.17, 15) is 0 Å². The molecule has 0 aliphatic carbocycles. The average molecular weight is 442 g/mol. The molecule has 0 amide bonds. The summed E-state index contributed by atoms with van der Waals surface area (Å²) in [7, 11) is 0. The fraction of sp³-hybridized carbons (Fsp3) is 0.0345. The third-order valence-corrected chi connectivity index (χ3v) is 7.41. The van der Waals surface area contributed by atoms with Crippen molar-refractivity contribution in [2.75, 3.05) is 0 Å². The Labute approximate surface area is 194 Å². The molecule has 4 aromatic carbocycles. The van der Waals surface area contributed by atoms with E-state index < -0.39 is 0 Å². The predicted molar refractivity (Wildman–Crippen MR) is 139 cm³/mol. The first-order valence-corrected chi connectivity index (χ1v) is 11.8. The van der Waals surface area contributed by atoms with Crippen molar-refractivity contribution in [3.63, 3.8) is 0 Å². The number of imidazole rings is 1. The Bertz CT molecular complexity index is 1840. The lowest BCUT2D eigenvalue weighted by Crippen LogP contribution is -1.97. The fourth-order valence-electron chi connectivity index (χ4n) is 4.95. The molecule has 0 spiro atoms. The summed E-state index contributed by atoms with van der Waals surface area (Å²) >= 11 is 1.77. The van der Waals surface area contributed by atoms with Crippen LogP contribution in [-0.2, 0) is 0 Å². The lowest BCUT2D eigenvalue weighted by molar-refractivity contribution is 1.00. The van der Waals surface area contributed by atoms with Crippen LogP contribution in [0.5, 0.6) is 0 Å². The van der Waals surface area contributed by atoms with Gasteiger partial charge in [-0.1, -0.05) is 60.7 Å². The molecule has 3 aromatic heterocycles. The van der Waals surface area contributed by atoms with Gasteiger partial charge in [0.25, 0.3) is 0 Å². The number of aromatic nitrogens is 3. The van der Waals surface area contributed by atoms with Crippen molar-refractivity contribution in [1.29, 1.82) is 0 Å². The maximum Gasteiger partial charge on any atom is 0.125 e. The SMILES string of the molecule is Cc1nc2ccccc2n1-c1cccc(-c2c3ccccc3nc3sc4ccccc4c23)c1. The number of nitrogens with zero attached hydrogens (tertiary/aromatic N) is 3. The van der Waals surface area contributed by atoms with Gasteiger partial charge in [-0.05, 0) is 48.9 Å². The van der Waals surface area contributed by atoms with E-state index in [1.165, 1.54) is 32.0 Å². The van der Waals surface area contributed by atoms with Gasteiger partial charge in [-0.2, -0.15) is 0 Å². The zero-order valence-electron chi connectivity index (χ0n) is 18.0. The van der Waals surface area contributed by atoms with E-state index in [0.717, 1.165) is 32.9 Å². The molecule has 0 saturated heterocycles. The van der Waals surface area contributed by atoms with E-state index in [1.807, 2.05) is 6.07 Å². The van der Waals surface area contributed by atoms with Crippen LogP contribution in [0.25, 0.3) is 59.1 Å². The van der Waals surface area contributed by atoms with Crippen LogP contribution in [0, 0.1) is 6.92 Å². The number of rotatable bonds is 2. The summed E-state index contributed by atoms with van der Waals surface area (Å²) in [5, 5.41) is 3.68. The van der Waals surface area contributed by atoms with Gasteiger partial charge in [0.15, 0.2) is 0 Å². The van der Waals surface area contributed by atoms with E-state index in [-0.39, 0.29) is 0 Å². The van der Waals surface area contributed by atoms with Gasteiger partial charge in [-0.25, -0.2) is 9.97 Å². The number of hydrogen-bond acceptors (Lipinski definition) is 3. The highest BCUT2D eigenvalue weighted by atomic mass is 32.1. The molecule has 0 N–H and O–H groups in total. The van der Waals surface area contributed by atoms with Crippen molar-refractivity contribution in [2.45, 2.75) is 6.92 Å². The second-order valence-corrected chi connectivity index (χ2v) is 9.35. The highest BCUT2D eigenvalue weighted by Gasteiger charge is 2.17. The summed E-state index contributed by atoms with van der Waals surface area (Å²) in [6.07, 6.45) is 0. The molecule has 3 nitrogen and oxygen atoms in total. The Morgan fingerprint density at radius 1 is 0.697 bits per heavy atom. The number of para-hydroxylation sites is 3. The molecule has 0 unspecified atom stereocenters. The number of thiophene rings is 1. The van der Waals surface area contributed by atoms with Gasteiger partial charge >= 0.3 is 0 Å². The van der Waals surface area contributed by atoms with Crippen LogP contribution in [0.15, 0.2) is 97.1 Å². The first-order chi connectivity index (χ1) is 16.3. The molecule has 4 heteroatoms. The van der Waals surface area contributed by atoms with Gasteiger partial charge in [0.2, 0.25) is 0 Å². The zero-order valence-corrected chi connectivity index (χ0v) is 18.8. The molecule has 0 atom stereocenters. The van der Waals surface area contributed by atoms with E-state index in [1.54, 1.807) is 11.3 Å². The molecule has 0 fully saturated rings. The minimum absolute atomic E-state index is 0.985. The predicted octanol–water partition coefficient (Wildman–Crippen LogP) is 7.92. The van der Waals surface area contributed by atoms with E-state index in [4.69, 9.17) is 9.97 Å². The van der Waals surface area contributed by atoms with Crippen molar-refractivity contribution in [1.82, 2.24) is 14.5 Å². The Hall–Kier alpha value is -4.02. The summed E-state index contributed by atoms with van der Waals surface area (Å²) in [6, 6.07) is 34.2. The summed E-state index contributed by atoms with van der Waals surface area (Å²) in [6.45, 7) is 2.07. The molecule has 33 heavy (non-hydrogen) atoms. The van der Waals surface area contributed by atoms with Crippen molar-refractivity contribution in [3.05, 3.63) is 103 Å². The van der Waals surface area contributed by atoms with Gasteiger partial charge in [-0.3, -0.25) is 4.57 Å². The standard InChI is InChI=1S/C29H19N3S/c1-18-30-24-14-5-6-15-25(24)32(18)20-10-8-9-19(17-20)27-21-11-2-4-13-23(21)31-29-28(27)22-12-3-7-16-26(22)33-29/h2-17H,1H3. The molecular weight excluding hydrogens is 422 g/mol. The largest absolute Gasteiger partial charge is 0.297 e. The second-order valence-electron chi connectivity index (χ2n) is 8.32. The van der Waals surface area contributed by atoms with Crippen LogP contribution in [0.3, 0.4) is 0 Å². The highest BCUT2D eigenvalue weighted by Crippen LogP contribution is 2.43. The van der Waals surface area contributed by atoms with Crippen molar-refractivity contribution in [2.24, 2.45) is 0 Å². The number of fused-ring (bicyclic) bond motifs is 5. The molecule has 0 aliphatic rings. The zero-order chi connectivity index (χ0) is 21.9. The number of pyridine rings is 1. The van der Waals surface area contributed by atoms with Crippen molar-refractivity contribution in [3.8, 4) is 16.8 Å². The highest BCUT2D eigenvalue weighted by molar-refractivity contribution is 7.25. The lowest BCUT2D eigenvalue weighted by atomic mass is 9.96. The molecule has 0 radical (unpaired) electrons. The van der Waals surface area contributed by atoms with E-state index in [2.05, 4.69) is 102 Å². The summed E-state index contributed by atoms with van der Waals surface area (Å²) < 4.78 is 3.51. The lowest BCUT2D eigenvalue weighted by Gasteiger charge is -2.13. The smallest absolute Gasteiger partial charge is 0.125 e. The Balaban J connectivity index is 1.58. The maximum atomic E-state index is 5.03. The molecule has 7 rings (SSSR count). The number of hydrogen-bond donors (Lipinski definition) is 0. The monoisotopic (exact) mass is 441 g/mol. The third-order valence-electron chi connectivity index (χ3n) is 6.34. The second kappa shape index (κ2) is 6.99. The van der Waals surface area contributed by atoms with Gasteiger partial charge < -0.3 is 0 Å². The summed E-state index contributed by atoms with van der Waals surface area (Å²) in [5.41, 5.74) is 6.72. The van der Waals surface area contributed by atoms with Crippen LogP contribution in [0.1, 0.15) is 5.82 Å². The van der Waals surface area contributed by atoms with Crippen molar-refractivity contribution >= 4 is 53.6 Å². The molecule has 3 heterocycles. The van der Waals surface area contributed by atoms with Gasteiger partial charge in [-0.15, -0.1) is 11.3 Å². The molecule has 0 bridgehead atoms. The minimum Gasteiger partial charge on any atom is -0.297 e. The Morgan fingerprint density at radius 3 is 2.36 bits per heavy atom. The Morgan fingerprint density at radius 2 is 1.45 bits per heavy atom. The molecule has 0 aliphatic heterocycles. The van der Waals surface area contributed by atoms with Crippen LogP contribution < -0.4 is 0 Å². The van der Waals surface area contributed by atoms with Crippen LogP contribution >= 0.6 is 11.3 Å². The number of benzene rings is 4. The third kappa shape index (κ3) is 2.74. The van der Waals surface area contributed by atoms with Crippen LogP contribution in [0.2, 0.25) is 0 Å². The first-order valence-electron chi connectivity index (χ1n) is 11.0. The molecule has 0 saturated carbocycles. The quantitative estimate of drug-likeness (QED) is 0.273. The topological polar surface area (TPSA) is 30.7 Å². The fourth-order valence-corrected chi connectivity index (χ4v) is 6.05. The molecule has 7 aromatic rings. The van der Waals surface area contributed by atoms with Gasteiger partial charge in [0.1, 0.15) is 10.7 Å². The summed E-state index contributed by atoms with van der Waals surface area (Å²) in [5.74, 6) is 0.985. The molecular formula is C29H19N3S. The minimum atomic E-state index is 0.985. The first kappa shape index (κ1) is 18.5. The average Bonchev–Trinajstić information content (AvgIpc) is 3.39. The molecule has 156 valence electrons. The summed E-state index contributed by atoms with van der Waals surface area (Å²) in [4.78, 5) is 10.9. The van der Waals surface area contributed by atoms with Crippen molar-refractivity contribution < 1.29 is 0 Å². The number of aryl methyl sites for hydroxylation is 1. The maximum absolute atomic E-state index is 5.03. The van der Waals surface area contributed by atoms with E-state index >= 15 is 0 Å². The Kier molecular flexibility index (Phi) is 3.93. The van der Waals surface area contributed by atoms with E-state index in [0.29, 0.717) is 0 Å². The van der Waals surface area contributed by atoms with Gasteiger partial charge in [0, 0.05) is 32.1 Å². The van der Waals surface area contributed by atoms with Crippen LogP contribution in [-0.4, -0.2) is 14.5 Å². The van der Waals surface area contributed by atoms with Gasteiger partial charge in [0.05, 0.1) is 16.6 Å².